The molecule has 1 aliphatic rings. The van der Waals surface area contributed by atoms with Crippen LogP contribution in [0.15, 0.2) is 195 Å². The zero-order chi connectivity index (χ0) is 36.7. The van der Waals surface area contributed by atoms with Crippen LogP contribution in [0.5, 0.6) is 0 Å². The molecule has 4 nitrogen and oxygen atoms in total. The molecule has 12 rings (SSSR count). The molecule has 0 spiro atoms. The third-order valence-corrected chi connectivity index (χ3v) is 11.6. The van der Waals surface area contributed by atoms with Crippen LogP contribution in [-0.2, 0) is 0 Å². The van der Waals surface area contributed by atoms with Crippen LogP contribution in [0.4, 0.5) is 17.1 Å². The van der Waals surface area contributed by atoms with E-state index < -0.39 is 0 Å². The lowest BCUT2D eigenvalue weighted by atomic mass is 9.90. The molecular weight excluding hydrogens is 687 g/mol. The molecule has 264 valence electrons. The van der Waals surface area contributed by atoms with Crippen molar-refractivity contribution in [2.75, 3.05) is 4.90 Å². The van der Waals surface area contributed by atoms with Gasteiger partial charge in [0.25, 0.3) is 0 Å². The lowest BCUT2D eigenvalue weighted by Crippen LogP contribution is -2.14. The maximum atomic E-state index is 7.11. The van der Waals surface area contributed by atoms with Crippen LogP contribution in [0.2, 0.25) is 0 Å². The van der Waals surface area contributed by atoms with Crippen molar-refractivity contribution in [1.82, 2.24) is 0 Å². The van der Waals surface area contributed by atoms with Crippen LogP contribution < -0.4 is 4.90 Å². The number of benzene rings is 8. The zero-order valence-electron chi connectivity index (χ0n) is 30.3. The molecule has 1 atom stereocenters. The molecule has 1 unspecified atom stereocenters. The maximum Gasteiger partial charge on any atom is 0.159 e. The number of anilines is 3. The van der Waals surface area contributed by atoms with Gasteiger partial charge in [-0.1, -0.05) is 127 Å². The molecule has 56 heavy (non-hydrogen) atoms. The van der Waals surface area contributed by atoms with Gasteiger partial charge in [-0.15, -0.1) is 0 Å². The Bertz CT molecular complexity index is 3430. The summed E-state index contributed by atoms with van der Waals surface area (Å²) in [5, 5.41) is 8.75. The van der Waals surface area contributed by atoms with Gasteiger partial charge in [-0.05, 0) is 76.9 Å². The Hall–Kier alpha value is -7.30. The fourth-order valence-electron chi connectivity index (χ4n) is 8.99. The van der Waals surface area contributed by atoms with Crippen molar-refractivity contribution in [2.45, 2.75) is 12.3 Å². The first-order chi connectivity index (χ1) is 27.8. The molecule has 0 amide bonds. The predicted molar refractivity (Wildman–Crippen MR) is 232 cm³/mol. The Morgan fingerprint density at radius 2 is 1.20 bits per heavy atom. The Balaban J connectivity index is 1.13. The lowest BCUT2D eigenvalue weighted by molar-refractivity contribution is 0.664. The van der Waals surface area contributed by atoms with Crippen molar-refractivity contribution in [2.24, 2.45) is 0 Å². The third kappa shape index (κ3) is 4.66. The molecule has 3 heterocycles. The Morgan fingerprint density at radius 1 is 0.464 bits per heavy atom. The van der Waals surface area contributed by atoms with Crippen molar-refractivity contribution in [3.8, 4) is 11.1 Å². The highest BCUT2D eigenvalue weighted by Crippen LogP contribution is 2.49. The third-order valence-electron chi connectivity index (χ3n) is 11.6. The van der Waals surface area contributed by atoms with Gasteiger partial charge in [-0.25, -0.2) is 0 Å². The zero-order valence-corrected chi connectivity index (χ0v) is 30.3. The van der Waals surface area contributed by atoms with Gasteiger partial charge in [0, 0.05) is 49.9 Å². The van der Waals surface area contributed by atoms with Gasteiger partial charge in [0.1, 0.15) is 27.9 Å². The summed E-state index contributed by atoms with van der Waals surface area (Å²) >= 11 is 0. The second-order valence-corrected chi connectivity index (χ2v) is 14.7. The fourth-order valence-corrected chi connectivity index (χ4v) is 8.99. The normalized spacial score (nSPS) is 14.4. The summed E-state index contributed by atoms with van der Waals surface area (Å²) in [5.74, 6) is 0.235. The van der Waals surface area contributed by atoms with E-state index in [2.05, 4.69) is 163 Å². The minimum Gasteiger partial charge on any atom is -0.456 e. The largest absolute Gasteiger partial charge is 0.456 e. The van der Waals surface area contributed by atoms with E-state index >= 15 is 0 Å². The van der Waals surface area contributed by atoms with E-state index in [0.29, 0.717) is 0 Å². The van der Waals surface area contributed by atoms with E-state index in [1.807, 2.05) is 24.3 Å². The van der Waals surface area contributed by atoms with Crippen molar-refractivity contribution in [3.05, 3.63) is 188 Å². The van der Waals surface area contributed by atoms with Gasteiger partial charge in [-0.3, -0.25) is 0 Å². The van der Waals surface area contributed by atoms with E-state index in [0.717, 1.165) is 100 Å². The van der Waals surface area contributed by atoms with Gasteiger partial charge < -0.3 is 18.2 Å². The molecule has 1 aliphatic carbocycles. The van der Waals surface area contributed by atoms with Crippen molar-refractivity contribution >= 4 is 93.7 Å². The molecule has 3 aromatic heterocycles. The van der Waals surface area contributed by atoms with Gasteiger partial charge in [-0.2, -0.15) is 0 Å². The molecule has 4 heteroatoms. The summed E-state index contributed by atoms with van der Waals surface area (Å²) < 4.78 is 20.4. The van der Waals surface area contributed by atoms with Crippen LogP contribution in [0, 0.1) is 0 Å². The smallest absolute Gasteiger partial charge is 0.159 e. The lowest BCUT2D eigenvalue weighted by Gasteiger charge is -2.29. The van der Waals surface area contributed by atoms with Crippen LogP contribution in [0.3, 0.4) is 0 Å². The fraction of sp³-hybridized carbons (Fsp3) is 0.0385. The number of nitrogens with zero attached hydrogens (tertiary/aromatic N) is 1. The Labute approximate surface area is 321 Å². The minimum absolute atomic E-state index is 0.235. The van der Waals surface area contributed by atoms with Crippen molar-refractivity contribution < 1.29 is 13.3 Å². The van der Waals surface area contributed by atoms with Gasteiger partial charge >= 0.3 is 0 Å². The average molecular weight is 720 g/mol. The van der Waals surface area contributed by atoms with Gasteiger partial charge in [0.05, 0.1) is 17.1 Å². The molecule has 0 aliphatic heterocycles. The summed E-state index contributed by atoms with van der Waals surface area (Å²) in [6, 6.07) is 55.7. The first-order valence-corrected chi connectivity index (χ1v) is 19.2. The highest BCUT2D eigenvalue weighted by atomic mass is 16.3. The van der Waals surface area contributed by atoms with Crippen LogP contribution >= 0.6 is 0 Å². The molecule has 8 aromatic carbocycles. The van der Waals surface area contributed by atoms with E-state index in [1.54, 1.807) is 0 Å². The number of hydrogen-bond donors (Lipinski definition) is 0. The summed E-state index contributed by atoms with van der Waals surface area (Å²) in [4.78, 5) is 2.35. The molecule has 0 N–H and O–H groups in total. The minimum atomic E-state index is 0.235. The molecule has 0 radical (unpaired) electrons. The van der Waals surface area contributed by atoms with Crippen LogP contribution in [0.1, 0.15) is 17.9 Å². The standard InChI is InChI=1S/C52H33NO3/c1-2-14-33(15-3-1)37-17-6-9-21-43(37)53(44-22-12-20-40-38-18-7-10-23-45(38)55-51(40)44)36-27-28-39-42-31-48-50(41-19-8-11-24-46(41)54-48)49(52(42)56-47(39)30-36)35-26-25-32-13-4-5-16-34(32)29-35/h1-14,16-31,33H,15H2. The average Bonchev–Trinajstić information content (AvgIpc) is 3.94. The van der Waals surface area contributed by atoms with E-state index in [-0.39, 0.29) is 5.92 Å². The van der Waals surface area contributed by atoms with E-state index in [1.165, 1.54) is 16.3 Å². The van der Waals surface area contributed by atoms with Gasteiger partial charge in [0.2, 0.25) is 0 Å². The number of hydrogen-bond acceptors (Lipinski definition) is 4. The summed E-state index contributed by atoms with van der Waals surface area (Å²) in [7, 11) is 0. The molecule has 0 fully saturated rings. The first-order valence-electron chi connectivity index (χ1n) is 19.2. The SMILES string of the molecule is C1=CCC(c2ccccc2N(c2ccc3c(c2)oc2c(-c4ccc5ccccc5c4)c4c(cc23)oc2ccccc24)c2cccc3c2oc2ccccc23)C=C1. The molecule has 0 saturated heterocycles. The number of allylic oxidation sites excluding steroid dienone is 4. The second-order valence-electron chi connectivity index (χ2n) is 14.7. The Morgan fingerprint density at radius 3 is 2.09 bits per heavy atom. The number of fused-ring (bicyclic) bond motifs is 10. The summed E-state index contributed by atoms with van der Waals surface area (Å²) in [5.41, 5.74) is 11.5. The van der Waals surface area contributed by atoms with Crippen LogP contribution in [-0.4, -0.2) is 0 Å². The summed E-state index contributed by atoms with van der Waals surface area (Å²) in [6.07, 6.45) is 9.77. The van der Waals surface area contributed by atoms with Gasteiger partial charge in [0.15, 0.2) is 5.58 Å². The number of rotatable bonds is 5. The van der Waals surface area contributed by atoms with Crippen molar-refractivity contribution in [1.29, 1.82) is 0 Å². The highest BCUT2D eigenvalue weighted by molar-refractivity contribution is 6.24. The quantitative estimate of drug-likeness (QED) is 0.178. The van der Waals surface area contributed by atoms with Crippen molar-refractivity contribution in [3.63, 3.8) is 0 Å². The topological polar surface area (TPSA) is 42.7 Å². The van der Waals surface area contributed by atoms with E-state index in [4.69, 9.17) is 13.3 Å². The molecule has 0 bridgehead atoms. The van der Waals surface area contributed by atoms with Crippen LogP contribution in [0.25, 0.3) is 87.7 Å². The maximum absolute atomic E-state index is 7.11. The number of furan rings is 3. The molecule has 0 saturated carbocycles. The highest BCUT2D eigenvalue weighted by Gasteiger charge is 2.26. The number of para-hydroxylation sites is 4. The first kappa shape index (κ1) is 31.1. The summed E-state index contributed by atoms with van der Waals surface area (Å²) in [6.45, 7) is 0. The Kier molecular flexibility index (Phi) is 6.72. The predicted octanol–water partition coefficient (Wildman–Crippen LogP) is 15.3. The molecular formula is C52H33NO3. The molecule has 11 aromatic rings. The monoisotopic (exact) mass is 719 g/mol. The second kappa shape index (κ2) is 12.1. The van der Waals surface area contributed by atoms with E-state index in [9.17, 15) is 0 Å².